The maximum atomic E-state index is 9.71. The Labute approximate surface area is 97.0 Å². The molecule has 1 aromatic carbocycles. The second-order valence-electron chi connectivity index (χ2n) is 3.58. The highest BCUT2D eigenvalue weighted by molar-refractivity contribution is 7.22. The third-order valence-corrected chi connectivity index (χ3v) is 3.66. The zero-order chi connectivity index (χ0) is 11.0. The topological polar surface area (TPSA) is 24.1 Å². The Morgan fingerprint density at radius 3 is 2.62 bits per heavy atom. The minimum absolute atomic E-state index is 0.823. The van der Waals surface area contributed by atoms with Crippen LogP contribution in [0.25, 0.3) is 20.7 Å². The van der Waals surface area contributed by atoms with Gasteiger partial charge in [0.2, 0.25) is 6.20 Å². The number of hydrogen-bond donors (Lipinski definition) is 1. The summed E-state index contributed by atoms with van der Waals surface area (Å²) in [5.74, 6) is 0. The maximum Gasteiger partial charge on any atom is 0.274 e. The van der Waals surface area contributed by atoms with Crippen molar-refractivity contribution in [2.45, 2.75) is 0 Å². The maximum absolute atomic E-state index is 9.71. The van der Waals surface area contributed by atoms with Gasteiger partial charge in [-0.05, 0) is 23.6 Å². The van der Waals surface area contributed by atoms with E-state index < -0.39 is 0 Å². The SMILES string of the molecule is O[n+]1ccccc1-c1cc2ccccc2s1. The Hall–Kier alpha value is -1.87. The number of nitrogens with zero attached hydrogens (tertiary/aromatic N) is 1. The normalized spacial score (nSPS) is 10.8. The highest BCUT2D eigenvalue weighted by atomic mass is 32.1. The third-order valence-electron chi connectivity index (χ3n) is 2.52. The zero-order valence-electron chi connectivity index (χ0n) is 8.50. The van der Waals surface area contributed by atoms with E-state index in [-0.39, 0.29) is 0 Å². The molecule has 0 aliphatic heterocycles. The van der Waals surface area contributed by atoms with E-state index in [2.05, 4.69) is 18.2 Å². The van der Waals surface area contributed by atoms with Crippen molar-refractivity contribution >= 4 is 21.4 Å². The van der Waals surface area contributed by atoms with Gasteiger partial charge in [-0.15, -0.1) is 11.3 Å². The molecule has 2 aromatic heterocycles. The van der Waals surface area contributed by atoms with Crippen LogP contribution in [0, 0.1) is 0 Å². The molecule has 0 aliphatic rings. The lowest BCUT2D eigenvalue weighted by molar-refractivity contribution is -0.896. The van der Waals surface area contributed by atoms with Crippen molar-refractivity contribution in [2.75, 3.05) is 0 Å². The molecule has 3 rings (SSSR count). The van der Waals surface area contributed by atoms with Crippen LogP contribution in [0.3, 0.4) is 0 Å². The minimum atomic E-state index is 0.823. The second-order valence-corrected chi connectivity index (χ2v) is 4.66. The van der Waals surface area contributed by atoms with Crippen molar-refractivity contribution in [1.82, 2.24) is 0 Å². The van der Waals surface area contributed by atoms with Gasteiger partial charge in [-0.2, -0.15) is 0 Å². The third kappa shape index (κ3) is 1.46. The molecule has 0 atom stereocenters. The molecule has 3 aromatic rings. The molecule has 0 amide bonds. The molecule has 3 heteroatoms. The zero-order valence-corrected chi connectivity index (χ0v) is 9.32. The summed E-state index contributed by atoms with van der Waals surface area (Å²) in [5.41, 5.74) is 0.823. The van der Waals surface area contributed by atoms with Crippen molar-refractivity contribution < 1.29 is 9.94 Å². The summed E-state index contributed by atoms with van der Waals surface area (Å²) in [4.78, 5) is 1.07. The molecule has 0 saturated heterocycles. The lowest BCUT2D eigenvalue weighted by Gasteiger charge is -1.90. The molecular formula is C13H10NOS+. The van der Waals surface area contributed by atoms with E-state index in [0.29, 0.717) is 0 Å². The average molecular weight is 228 g/mol. The van der Waals surface area contributed by atoms with Gasteiger partial charge >= 0.3 is 0 Å². The Morgan fingerprint density at radius 2 is 1.81 bits per heavy atom. The van der Waals surface area contributed by atoms with Crippen LogP contribution in [0.15, 0.2) is 54.7 Å². The van der Waals surface area contributed by atoms with E-state index in [0.717, 1.165) is 15.3 Å². The number of rotatable bonds is 1. The van der Waals surface area contributed by atoms with Gasteiger partial charge in [0.15, 0.2) is 0 Å². The molecule has 0 unspecified atom stereocenters. The fraction of sp³-hybridized carbons (Fsp3) is 0. The molecule has 0 fully saturated rings. The van der Waals surface area contributed by atoms with Crippen LogP contribution >= 0.6 is 11.3 Å². The average Bonchev–Trinajstić information content (AvgIpc) is 2.73. The van der Waals surface area contributed by atoms with Crippen molar-refractivity contribution in [1.29, 1.82) is 0 Å². The van der Waals surface area contributed by atoms with Crippen molar-refractivity contribution in [2.24, 2.45) is 0 Å². The van der Waals surface area contributed by atoms with Gasteiger partial charge in [0.1, 0.15) is 4.88 Å². The number of aromatic nitrogens is 1. The van der Waals surface area contributed by atoms with Gasteiger partial charge in [-0.3, -0.25) is 5.21 Å². The van der Waals surface area contributed by atoms with Crippen LogP contribution in [0.4, 0.5) is 0 Å². The summed E-state index contributed by atoms with van der Waals surface area (Å²) in [6, 6.07) is 16.0. The monoisotopic (exact) mass is 228 g/mol. The summed E-state index contributed by atoms with van der Waals surface area (Å²) in [5, 5.41) is 10.9. The lowest BCUT2D eigenvalue weighted by atomic mass is 10.2. The number of pyridine rings is 1. The number of benzene rings is 1. The van der Waals surface area contributed by atoms with Crippen LogP contribution < -0.4 is 4.73 Å². The smallest absolute Gasteiger partial charge is 0.274 e. The van der Waals surface area contributed by atoms with Crippen LogP contribution in [0.1, 0.15) is 0 Å². The summed E-state index contributed by atoms with van der Waals surface area (Å²) in [7, 11) is 0. The Morgan fingerprint density at radius 1 is 1.00 bits per heavy atom. The number of thiophene rings is 1. The molecule has 1 N–H and O–H groups in total. The van der Waals surface area contributed by atoms with Crippen LogP contribution in [0.5, 0.6) is 0 Å². The summed E-state index contributed by atoms with van der Waals surface area (Å²) in [6.07, 6.45) is 1.64. The molecule has 16 heavy (non-hydrogen) atoms. The highest BCUT2D eigenvalue weighted by Gasteiger charge is 2.14. The van der Waals surface area contributed by atoms with E-state index in [1.165, 1.54) is 10.1 Å². The molecule has 0 aliphatic carbocycles. The summed E-state index contributed by atoms with van der Waals surface area (Å²) >= 11 is 1.68. The molecule has 0 radical (unpaired) electrons. The van der Waals surface area contributed by atoms with E-state index >= 15 is 0 Å². The molecule has 0 saturated carbocycles. The molecule has 2 heterocycles. The molecule has 0 spiro atoms. The van der Waals surface area contributed by atoms with E-state index in [4.69, 9.17) is 0 Å². The van der Waals surface area contributed by atoms with E-state index in [9.17, 15) is 5.21 Å². The van der Waals surface area contributed by atoms with Crippen LogP contribution in [-0.4, -0.2) is 5.21 Å². The van der Waals surface area contributed by atoms with Crippen LogP contribution in [0.2, 0.25) is 0 Å². The Balaban J connectivity index is 2.23. The summed E-state index contributed by atoms with van der Waals surface area (Å²) < 4.78 is 2.39. The van der Waals surface area contributed by atoms with Gasteiger partial charge in [-0.1, -0.05) is 18.2 Å². The first-order valence-corrected chi connectivity index (χ1v) is 5.85. The fourth-order valence-corrected chi connectivity index (χ4v) is 2.82. The molecule has 2 nitrogen and oxygen atoms in total. The molecular weight excluding hydrogens is 218 g/mol. The van der Waals surface area contributed by atoms with Gasteiger partial charge in [0, 0.05) is 21.6 Å². The first-order chi connectivity index (χ1) is 7.84. The van der Waals surface area contributed by atoms with Gasteiger partial charge < -0.3 is 0 Å². The Bertz CT molecular complexity index is 612. The second kappa shape index (κ2) is 3.61. The fourth-order valence-electron chi connectivity index (χ4n) is 1.74. The minimum Gasteiger partial charge on any atom is -0.285 e. The van der Waals surface area contributed by atoms with Crippen LogP contribution in [-0.2, 0) is 0 Å². The van der Waals surface area contributed by atoms with Crippen molar-refractivity contribution in [3.05, 3.63) is 54.7 Å². The number of hydrogen-bond acceptors (Lipinski definition) is 2. The Kier molecular flexibility index (Phi) is 2.11. The largest absolute Gasteiger partial charge is 0.285 e. The molecule has 0 bridgehead atoms. The standard InChI is InChI=1S/C13H10NOS/c15-14-8-4-3-6-11(14)13-9-10-5-1-2-7-12(10)16-13/h1-9,15H/q+1. The predicted molar refractivity (Wildman–Crippen MR) is 64.6 cm³/mol. The predicted octanol–water partition coefficient (Wildman–Crippen LogP) is 3.09. The summed E-state index contributed by atoms with van der Waals surface area (Å²) in [6.45, 7) is 0. The quantitative estimate of drug-likeness (QED) is 0.502. The first kappa shape index (κ1) is 9.36. The van der Waals surface area contributed by atoms with Gasteiger partial charge in [-0.25, -0.2) is 0 Å². The lowest BCUT2D eigenvalue weighted by Crippen LogP contribution is -2.31. The van der Waals surface area contributed by atoms with E-state index in [1.54, 1.807) is 23.6 Å². The molecule has 78 valence electrons. The van der Waals surface area contributed by atoms with E-state index in [1.807, 2.05) is 24.3 Å². The van der Waals surface area contributed by atoms with Crippen molar-refractivity contribution in [3.8, 4) is 10.6 Å². The number of fused-ring (bicyclic) bond motifs is 1. The highest BCUT2D eigenvalue weighted by Crippen LogP contribution is 2.31. The van der Waals surface area contributed by atoms with Crippen molar-refractivity contribution in [3.63, 3.8) is 0 Å². The van der Waals surface area contributed by atoms with Gasteiger partial charge in [0.25, 0.3) is 5.69 Å². The van der Waals surface area contributed by atoms with Gasteiger partial charge in [0.05, 0.1) is 0 Å². The first-order valence-electron chi connectivity index (χ1n) is 5.03.